The molecule has 1 aliphatic rings. The lowest BCUT2D eigenvalue weighted by Gasteiger charge is -2.26. The molecule has 0 spiro atoms. The monoisotopic (exact) mass is 206 g/mol. The molecule has 0 heterocycles. The average Bonchev–Trinajstić information content (AvgIpc) is 2.25. The van der Waals surface area contributed by atoms with E-state index in [4.69, 9.17) is 0 Å². The Hall–Kier alpha value is -1.15. The first-order chi connectivity index (χ1) is 7.20. The molecule has 1 saturated carbocycles. The predicted molar refractivity (Wildman–Crippen MR) is 61.4 cm³/mol. The Morgan fingerprint density at radius 1 is 1.47 bits per heavy atom. The van der Waals surface area contributed by atoms with Crippen LogP contribution < -0.4 is 0 Å². The summed E-state index contributed by atoms with van der Waals surface area (Å²) < 4.78 is 0. The zero-order chi connectivity index (χ0) is 11.3. The van der Waals surface area contributed by atoms with Crippen molar-refractivity contribution in [3.8, 4) is 0 Å². The largest absolute Gasteiger partial charge is 0.388 e. The Morgan fingerprint density at radius 2 is 2.20 bits per heavy atom. The summed E-state index contributed by atoms with van der Waals surface area (Å²) in [5, 5.41) is 10.0. The van der Waals surface area contributed by atoms with E-state index in [2.05, 4.69) is 13.2 Å². The molecule has 0 bridgehead atoms. The van der Waals surface area contributed by atoms with E-state index in [1.807, 2.05) is 0 Å². The summed E-state index contributed by atoms with van der Waals surface area (Å²) in [6.07, 6.45) is 7.54. The highest BCUT2D eigenvalue weighted by Gasteiger charge is 2.29. The first kappa shape index (κ1) is 11.9. The van der Waals surface area contributed by atoms with Crippen LogP contribution >= 0.6 is 0 Å². The van der Waals surface area contributed by atoms with Gasteiger partial charge < -0.3 is 5.11 Å². The summed E-state index contributed by atoms with van der Waals surface area (Å²) in [7, 11) is 0. The Bertz CT molecular complexity index is 289. The maximum absolute atomic E-state index is 11.6. The van der Waals surface area contributed by atoms with Gasteiger partial charge in [0.05, 0.1) is 6.10 Å². The molecule has 0 amide bonds. The van der Waals surface area contributed by atoms with Crippen molar-refractivity contribution in [2.24, 2.45) is 5.92 Å². The van der Waals surface area contributed by atoms with Gasteiger partial charge in [-0.2, -0.15) is 0 Å². The van der Waals surface area contributed by atoms with Crippen LogP contribution in [-0.2, 0) is 4.79 Å². The van der Waals surface area contributed by atoms with Crippen LogP contribution in [0, 0.1) is 5.92 Å². The highest BCUT2D eigenvalue weighted by atomic mass is 16.3. The first-order valence-electron chi connectivity index (χ1n) is 5.36. The molecule has 0 saturated heterocycles. The Kier molecular flexibility index (Phi) is 4.50. The second-order valence-corrected chi connectivity index (χ2v) is 3.87. The summed E-state index contributed by atoms with van der Waals surface area (Å²) in [5.74, 6) is -0.0755. The van der Waals surface area contributed by atoms with Crippen molar-refractivity contribution in [2.75, 3.05) is 0 Å². The smallest absolute Gasteiger partial charge is 0.138 e. The Morgan fingerprint density at radius 3 is 2.73 bits per heavy atom. The molecule has 0 aromatic heterocycles. The zero-order valence-electron chi connectivity index (χ0n) is 8.98. The quantitative estimate of drug-likeness (QED) is 0.717. The number of hydrogen-bond donors (Lipinski definition) is 1. The molecule has 1 fully saturated rings. The van der Waals surface area contributed by atoms with Crippen molar-refractivity contribution >= 4 is 5.78 Å². The molecule has 15 heavy (non-hydrogen) atoms. The number of aliphatic hydroxyl groups is 1. The minimum atomic E-state index is -0.715. The molecule has 1 N–H and O–H groups in total. The normalized spacial score (nSPS) is 24.7. The van der Waals surface area contributed by atoms with E-state index in [1.165, 1.54) is 0 Å². The predicted octanol–water partition coefficient (Wildman–Crippen LogP) is 2.41. The molecule has 2 unspecified atom stereocenters. The highest BCUT2D eigenvalue weighted by Crippen LogP contribution is 2.27. The van der Waals surface area contributed by atoms with Gasteiger partial charge in [-0.05, 0) is 18.4 Å². The van der Waals surface area contributed by atoms with Gasteiger partial charge in [-0.3, -0.25) is 4.79 Å². The Balaban J connectivity index is 2.76. The van der Waals surface area contributed by atoms with Crippen LogP contribution in [0.25, 0.3) is 0 Å². The average molecular weight is 206 g/mol. The minimum absolute atomic E-state index is 0.172. The van der Waals surface area contributed by atoms with Crippen molar-refractivity contribution in [1.82, 2.24) is 0 Å². The van der Waals surface area contributed by atoms with Crippen LogP contribution in [0.15, 0.2) is 37.0 Å². The van der Waals surface area contributed by atoms with Gasteiger partial charge >= 0.3 is 0 Å². The van der Waals surface area contributed by atoms with E-state index in [9.17, 15) is 9.90 Å². The number of Topliss-reactive ketones (excluding diaryl/α,β-unsaturated/α-hetero) is 1. The third-order valence-electron chi connectivity index (χ3n) is 2.87. The van der Waals surface area contributed by atoms with Crippen LogP contribution in [0.4, 0.5) is 0 Å². The summed E-state index contributed by atoms with van der Waals surface area (Å²) in [6, 6.07) is 0. The lowest BCUT2D eigenvalue weighted by atomic mass is 9.81. The van der Waals surface area contributed by atoms with Gasteiger partial charge in [0.25, 0.3) is 0 Å². The molecule has 0 radical (unpaired) electrons. The molecule has 2 heteroatoms. The molecule has 1 rings (SSSR count). The standard InChI is InChI=1S/C13H18O2/c1-3-7-10(4-2)13(15)11-8-5-6-9-12(11)14/h3-4,7,11,13,15H,1-2,5-6,8-9H2/b10-7+. The van der Waals surface area contributed by atoms with E-state index in [-0.39, 0.29) is 11.7 Å². The van der Waals surface area contributed by atoms with Crippen LogP contribution in [0.5, 0.6) is 0 Å². The SMILES string of the molecule is C=C/C=C(\C=C)C(O)C1CCCCC1=O. The molecule has 82 valence electrons. The number of aliphatic hydroxyl groups excluding tert-OH is 1. The van der Waals surface area contributed by atoms with Crippen LogP contribution in [0.1, 0.15) is 25.7 Å². The molecule has 0 aliphatic heterocycles. The molecular formula is C13H18O2. The van der Waals surface area contributed by atoms with Gasteiger partial charge in [0, 0.05) is 12.3 Å². The third-order valence-corrected chi connectivity index (χ3v) is 2.87. The minimum Gasteiger partial charge on any atom is -0.388 e. The molecule has 0 aromatic carbocycles. The summed E-state index contributed by atoms with van der Waals surface area (Å²) >= 11 is 0. The number of carbonyl (C=O) groups is 1. The maximum Gasteiger partial charge on any atom is 0.138 e. The lowest BCUT2D eigenvalue weighted by molar-refractivity contribution is -0.127. The number of carbonyl (C=O) groups excluding carboxylic acids is 1. The van der Waals surface area contributed by atoms with E-state index in [0.29, 0.717) is 12.0 Å². The summed E-state index contributed by atoms with van der Waals surface area (Å²) in [4.78, 5) is 11.6. The van der Waals surface area contributed by atoms with E-state index < -0.39 is 6.10 Å². The number of allylic oxidation sites excluding steroid dienone is 2. The fourth-order valence-corrected chi connectivity index (χ4v) is 2.00. The topological polar surface area (TPSA) is 37.3 Å². The second-order valence-electron chi connectivity index (χ2n) is 3.87. The van der Waals surface area contributed by atoms with Crippen LogP contribution in [0.3, 0.4) is 0 Å². The van der Waals surface area contributed by atoms with E-state index in [0.717, 1.165) is 19.3 Å². The van der Waals surface area contributed by atoms with E-state index in [1.54, 1.807) is 18.2 Å². The van der Waals surface area contributed by atoms with Gasteiger partial charge in [0.1, 0.15) is 5.78 Å². The zero-order valence-corrected chi connectivity index (χ0v) is 8.98. The van der Waals surface area contributed by atoms with Crippen molar-refractivity contribution in [2.45, 2.75) is 31.8 Å². The fourth-order valence-electron chi connectivity index (χ4n) is 2.00. The number of hydrogen-bond acceptors (Lipinski definition) is 2. The van der Waals surface area contributed by atoms with Gasteiger partial charge in [-0.15, -0.1) is 0 Å². The lowest BCUT2D eigenvalue weighted by Crippen LogP contribution is -2.31. The summed E-state index contributed by atoms with van der Waals surface area (Å²) in [5.41, 5.74) is 0.685. The third kappa shape index (κ3) is 2.90. The van der Waals surface area contributed by atoms with Crippen LogP contribution in [0.2, 0.25) is 0 Å². The van der Waals surface area contributed by atoms with Crippen molar-refractivity contribution in [3.63, 3.8) is 0 Å². The van der Waals surface area contributed by atoms with E-state index >= 15 is 0 Å². The van der Waals surface area contributed by atoms with Gasteiger partial charge in [0.2, 0.25) is 0 Å². The van der Waals surface area contributed by atoms with Gasteiger partial charge in [0.15, 0.2) is 0 Å². The van der Waals surface area contributed by atoms with Gasteiger partial charge in [-0.25, -0.2) is 0 Å². The molecule has 1 aliphatic carbocycles. The van der Waals surface area contributed by atoms with Crippen molar-refractivity contribution < 1.29 is 9.90 Å². The summed E-state index contributed by atoms with van der Waals surface area (Å²) in [6.45, 7) is 7.21. The van der Waals surface area contributed by atoms with Gasteiger partial charge in [-0.1, -0.05) is 37.8 Å². The first-order valence-corrected chi connectivity index (χ1v) is 5.36. The maximum atomic E-state index is 11.6. The Labute approximate surface area is 91.0 Å². The molecule has 2 atom stereocenters. The molecular weight excluding hydrogens is 188 g/mol. The number of ketones is 1. The highest BCUT2D eigenvalue weighted by molar-refractivity contribution is 5.82. The fraction of sp³-hybridized carbons (Fsp3) is 0.462. The molecule has 0 aromatic rings. The molecule has 2 nitrogen and oxygen atoms in total. The second kappa shape index (κ2) is 5.66. The van der Waals surface area contributed by atoms with Crippen molar-refractivity contribution in [3.05, 3.63) is 37.0 Å². The number of rotatable bonds is 4. The van der Waals surface area contributed by atoms with Crippen LogP contribution in [-0.4, -0.2) is 17.0 Å². The van der Waals surface area contributed by atoms with Crippen molar-refractivity contribution in [1.29, 1.82) is 0 Å².